The van der Waals surface area contributed by atoms with Crippen molar-refractivity contribution in [1.29, 1.82) is 0 Å². The van der Waals surface area contributed by atoms with Crippen molar-refractivity contribution in [1.82, 2.24) is 5.43 Å². The number of aryl methyl sites for hydroxylation is 1. The third-order valence-electron chi connectivity index (χ3n) is 4.93. The number of benzene rings is 2. The lowest BCUT2D eigenvalue weighted by Gasteiger charge is -2.09. The number of carbonyl (C=O) groups excluding carboxylic acids is 1. The minimum atomic E-state index is -0.304. The molecule has 0 saturated heterocycles. The second-order valence-corrected chi connectivity index (χ2v) is 7.63. The molecule has 0 atom stereocenters. The number of hydrogen-bond acceptors (Lipinski definition) is 4. The quantitative estimate of drug-likeness (QED) is 0.220. The van der Waals surface area contributed by atoms with Crippen LogP contribution in [0.3, 0.4) is 0 Å². The number of para-hydroxylation sites is 1. The van der Waals surface area contributed by atoms with Crippen molar-refractivity contribution >= 4 is 12.1 Å². The fourth-order valence-corrected chi connectivity index (χ4v) is 3.12. The zero-order chi connectivity index (χ0) is 22.2. The molecule has 0 aliphatic rings. The van der Waals surface area contributed by atoms with E-state index in [0.29, 0.717) is 12.4 Å². The van der Waals surface area contributed by atoms with Crippen molar-refractivity contribution in [3.63, 3.8) is 0 Å². The number of rotatable bonds is 15. The van der Waals surface area contributed by atoms with Gasteiger partial charge in [0, 0.05) is 5.56 Å². The first kappa shape index (κ1) is 24.4. The Labute approximate surface area is 186 Å². The van der Waals surface area contributed by atoms with Gasteiger partial charge in [0.1, 0.15) is 11.5 Å². The Bertz CT molecular complexity index is 787. The molecule has 0 aliphatic heterocycles. The van der Waals surface area contributed by atoms with Crippen molar-refractivity contribution < 1.29 is 14.3 Å². The van der Waals surface area contributed by atoms with Crippen LogP contribution in [0.1, 0.15) is 69.9 Å². The third kappa shape index (κ3) is 10.2. The molecule has 0 aromatic heterocycles. The van der Waals surface area contributed by atoms with E-state index in [1.807, 2.05) is 36.4 Å². The van der Waals surface area contributed by atoms with Crippen LogP contribution in [0.5, 0.6) is 11.5 Å². The zero-order valence-corrected chi connectivity index (χ0v) is 18.9. The minimum Gasteiger partial charge on any atom is -0.493 e. The largest absolute Gasteiger partial charge is 0.493 e. The Balaban J connectivity index is 1.73. The van der Waals surface area contributed by atoms with Crippen molar-refractivity contribution in [2.45, 2.75) is 65.2 Å². The minimum absolute atomic E-state index is 0.0813. The van der Waals surface area contributed by atoms with Crippen molar-refractivity contribution in [3.8, 4) is 11.5 Å². The Kier molecular flexibility index (Phi) is 11.9. The molecule has 0 unspecified atom stereocenters. The molecule has 5 nitrogen and oxygen atoms in total. The van der Waals surface area contributed by atoms with Crippen LogP contribution in [0.15, 0.2) is 53.6 Å². The summed E-state index contributed by atoms with van der Waals surface area (Å²) in [6, 6.07) is 15.6. The van der Waals surface area contributed by atoms with Gasteiger partial charge in [-0.25, -0.2) is 5.43 Å². The van der Waals surface area contributed by atoms with Gasteiger partial charge in [0.2, 0.25) is 0 Å². The molecule has 0 fully saturated rings. The highest BCUT2D eigenvalue weighted by atomic mass is 16.5. The molecule has 2 rings (SSSR count). The molecule has 1 N–H and O–H groups in total. The summed E-state index contributed by atoms with van der Waals surface area (Å²) in [4.78, 5) is 12.0. The number of unbranched alkanes of at least 4 members (excludes halogenated alkanes) is 5. The maximum Gasteiger partial charge on any atom is 0.277 e. The number of ether oxygens (including phenoxy) is 2. The van der Waals surface area contributed by atoms with Crippen LogP contribution < -0.4 is 14.9 Å². The molecule has 168 valence electrons. The van der Waals surface area contributed by atoms with E-state index < -0.39 is 0 Å². The maximum atomic E-state index is 12.0. The molecule has 0 spiro atoms. The summed E-state index contributed by atoms with van der Waals surface area (Å²) in [7, 11) is 0. The molecule has 0 heterocycles. The number of hydrazone groups is 1. The van der Waals surface area contributed by atoms with E-state index in [-0.39, 0.29) is 12.5 Å². The van der Waals surface area contributed by atoms with E-state index in [9.17, 15) is 4.79 Å². The van der Waals surface area contributed by atoms with Gasteiger partial charge in [0.15, 0.2) is 6.61 Å². The summed E-state index contributed by atoms with van der Waals surface area (Å²) < 4.78 is 11.4. The molecule has 5 heteroatoms. The van der Waals surface area contributed by atoms with E-state index in [4.69, 9.17) is 9.47 Å². The van der Waals surface area contributed by atoms with Gasteiger partial charge in [-0.3, -0.25) is 4.79 Å². The molecule has 0 aliphatic carbocycles. The van der Waals surface area contributed by atoms with Crippen LogP contribution in [0.4, 0.5) is 0 Å². The SMILES string of the molecule is CCCCCCOc1ccccc1/C=N/NC(=O)COc1ccc(CCCCC)cc1. The number of amides is 1. The number of nitrogens with zero attached hydrogens (tertiary/aromatic N) is 1. The van der Waals surface area contributed by atoms with Crippen LogP contribution in [0, 0.1) is 0 Å². The van der Waals surface area contributed by atoms with E-state index >= 15 is 0 Å². The van der Waals surface area contributed by atoms with E-state index in [2.05, 4.69) is 36.5 Å². The number of nitrogens with one attached hydrogen (secondary N) is 1. The Morgan fingerprint density at radius 3 is 2.42 bits per heavy atom. The first-order valence-electron chi connectivity index (χ1n) is 11.5. The number of carbonyl (C=O) groups is 1. The van der Waals surface area contributed by atoms with Gasteiger partial charge in [-0.05, 0) is 49.1 Å². The molecule has 31 heavy (non-hydrogen) atoms. The van der Waals surface area contributed by atoms with Crippen molar-refractivity contribution in [2.24, 2.45) is 5.10 Å². The predicted molar refractivity (Wildman–Crippen MR) is 127 cm³/mol. The lowest BCUT2D eigenvalue weighted by atomic mass is 10.1. The monoisotopic (exact) mass is 424 g/mol. The van der Waals surface area contributed by atoms with Gasteiger partial charge in [-0.15, -0.1) is 0 Å². The average Bonchev–Trinajstić information content (AvgIpc) is 2.79. The first-order chi connectivity index (χ1) is 15.2. The second kappa shape index (κ2) is 15.1. The summed E-state index contributed by atoms with van der Waals surface area (Å²) in [6.07, 6.45) is 11.0. The average molecular weight is 425 g/mol. The van der Waals surface area contributed by atoms with Crippen LogP contribution in [-0.4, -0.2) is 25.3 Å². The van der Waals surface area contributed by atoms with Crippen molar-refractivity contribution in [2.75, 3.05) is 13.2 Å². The highest BCUT2D eigenvalue weighted by molar-refractivity contribution is 5.85. The standard InChI is InChI=1S/C26H36N2O3/c1-3-5-7-11-19-30-25-14-10-9-13-23(25)20-27-28-26(29)21-31-24-17-15-22(16-18-24)12-8-6-4-2/h9-10,13-18,20H,3-8,11-12,19,21H2,1-2H3,(H,28,29)/b27-20+. The highest BCUT2D eigenvalue weighted by Crippen LogP contribution is 2.17. The Hall–Kier alpha value is -2.82. The van der Waals surface area contributed by atoms with Crippen molar-refractivity contribution in [3.05, 3.63) is 59.7 Å². The fourth-order valence-electron chi connectivity index (χ4n) is 3.12. The highest BCUT2D eigenvalue weighted by Gasteiger charge is 2.04. The summed E-state index contributed by atoms with van der Waals surface area (Å²) in [5.74, 6) is 1.15. The summed E-state index contributed by atoms with van der Waals surface area (Å²) >= 11 is 0. The van der Waals surface area contributed by atoms with Gasteiger partial charge in [0.25, 0.3) is 5.91 Å². The van der Waals surface area contributed by atoms with Crippen LogP contribution in [0.25, 0.3) is 0 Å². The third-order valence-corrected chi connectivity index (χ3v) is 4.93. The molecule has 0 bridgehead atoms. The van der Waals surface area contributed by atoms with Gasteiger partial charge >= 0.3 is 0 Å². The molecule has 0 radical (unpaired) electrons. The summed E-state index contributed by atoms with van der Waals surface area (Å²) in [6.45, 7) is 5.00. The first-order valence-corrected chi connectivity index (χ1v) is 11.5. The molecular weight excluding hydrogens is 388 g/mol. The summed E-state index contributed by atoms with van der Waals surface area (Å²) in [5, 5.41) is 4.04. The van der Waals surface area contributed by atoms with E-state index in [0.717, 1.165) is 24.2 Å². The van der Waals surface area contributed by atoms with Gasteiger partial charge in [0.05, 0.1) is 12.8 Å². The normalized spacial score (nSPS) is 10.9. The lowest BCUT2D eigenvalue weighted by molar-refractivity contribution is -0.123. The van der Waals surface area contributed by atoms with Crippen LogP contribution in [0.2, 0.25) is 0 Å². The Morgan fingerprint density at radius 2 is 1.65 bits per heavy atom. The smallest absolute Gasteiger partial charge is 0.277 e. The molecule has 2 aromatic carbocycles. The Morgan fingerprint density at radius 1 is 0.903 bits per heavy atom. The van der Waals surface area contributed by atoms with Gasteiger partial charge in [-0.1, -0.05) is 70.2 Å². The summed E-state index contributed by atoms with van der Waals surface area (Å²) in [5.41, 5.74) is 4.63. The van der Waals surface area contributed by atoms with Gasteiger partial charge < -0.3 is 9.47 Å². The second-order valence-electron chi connectivity index (χ2n) is 7.63. The molecular formula is C26H36N2O3. The molecule has 0 saturated carbocycles. The van der Waals surface area contributed by atoms with Crippen LogP contribution in [-0.2, 0) is 11.2 Å². The lowest BCUT2D eigenvalue weighted by Crippen LogP contribution is -2.24. The zero-order valence-electron chi connectivity index (χ0n) is 18.9. The molecule has 2 aromatic rings. The van der Waals surface area contributed by atoms with E-state index in [1.54, 1.807) is 6.21 Å². The molecule has 1 amide bonds. The van der Waals surface area contributed by atoms with Gasteiger partial charge in [-0.2, -0.15) is 5.10 Å². The topological polar surface area (TPSA) is 59.9 Å². The van der Waals surface area contributed by atoms with Crippen LogP contribution >= 0.6 is 0 Å². The van der Waals surface area contributed by atoms with E-state index in [1.165, 1.54) is 44.1 Å². The fraction of sp³-hybridized carbons (Fsp3) is 0.462. The predicted octanol–water partition coefficient (Wildman–Crippen LogP) is 5.91. The maximum absolute atomic E-state index is 12.0. The number of hydrogen-bond donors (Lipinski definition) is 1.